The fourth-order valence-corrected chi connectivity index (χ4v) is 5.81. The number of anilines is 1. The summed E-state index contributed by atoms with van der Waals surface area (Å²) in [5.74, 6) is -0.410. The van der Waals surface area contributed by atoms with E-state index in [-0.39, 0.29) is 11.6 Å². The topological polar surface area (TPSA) is 7.12 Å². The Labute approximate surface area is 190 Å². The number of nitrogens with zero attached hydrogens (tertiary/aromatic N) is 2. The monoisotopic (exact) mass is 455 g/mol. The van der Waals surface area contributed by atoms with Crippen LogP contribution in [-0.2, 0) is 6.54 Å². The summed E-state index contributed by atoms with van der Waals surface area (Å²) in [6.45, 7) is 5.96. The van der Waals surface area contributed by atoms with Gasteiger partial charge in [-0.25, -0.2) is 8.78 Å². The SMILES string of the molecule is CCCN1\C(=C/C=C/C=C/c2sc3ccc(F)cc3[n+]2CCC)Sc2ccc(F)cc21. The highest BCUT2D eigenvalue weighted by Gasteiger charge is 2.24. The molecule has 1 aliphatic heterocycles. The van der Waals surface area contributed by atoms with E-state index in [1.807, 2.05) is 30.4 Å². The Bertz CT molecular complexity index is 1180. The summed E-state index contributed by atoms with van der Waals surface area (Å²) in [4.78, 5) is 3.26. The number of hydrogen-bond acceptors (Lipinski definition) is 3. The van der Waals surface area contributed by atoms with Gasteiger partial charge in [0.05, 0.1) is 10.7 Å². The largest absolute Gasteiger partial charge is 0.335 e. The van der Waals surface area contributed by atoms with Gasteiger partial charge in [-0.2, -0.15) is 4.57 Å². The van der Waals surface area contributed by atoms with Crippen molar-refractivity contribution in [3.63, 3.8) is 0 Å². The van der Waals surface area contributed by atoms with Gasteiger partial charge < -0.3 is 4.90 Å². The first-order valence-electron chi connectivity index (χ1n) is 10.5. The number of aryl methyl sites for hydroxylation is 1. The number of allylic oxidation sites excluding steroid dienone is 4. The fourth-order valence-electron chi connectivity index (χ4n) is 3.64. The number of hydrogen-bond donors (Lipinski definition) is 0. The Balaban J connectivity index is 1.53. The summed E-state index contributed by atoms with van der Waals surface area (Å²) in [7, 11) is 0. The maximum absolute atomic E-state index is 13.7. The molecule has 160 valence electrons. The molecule has 0 radical (unpaired) electrons. The molecule has 6 heteroatoms. The Morgan fingerprint density at radius 2 is 1.77 bits per heavy atom. The van der Waals surface area contributed by atoms with E-state index >= 15 is 0 Å². The van der Waals surface area contributed by atoms with Crippen LogP contribution in [0.15, 0.2) is 70.6 Å². The van der Waals surface area contributed by atoms with Gasteiger partial charge in [-0.3, -0.25) is 0 Å². The second-order valence-corrected chi connectivity index (χ2v) is 9.44. The van der Waals surface area contributed by atoms with Crippen LogP contribution in [0.3, 0.4) is 0 Å². The van der Waals surface area contributed by atoms with Crippen LogP contribution in [0.4, 0.5) is 14.5 Å². The zero-order chi connectivity index (χ0) is 21.8. The molecule has 1 aliphatic rings. The maximum atomic E-state index is 13.7. The third-order valence-electron chi connectivity index (χ3n) is 4.98. The molecule has 31 heavy (non-hydrogen) atoms. The summed E-state index contributed by atoms with van der Waals surface area (Å²) in [6, 6.07) is 9.94. The van der Waals surface area contributed by atoms with Crippen LogP contribution in [0.2, 0.25) is 0 Å². The quantitative estimate of drug-likeness (QED) is 0.272. The molecule has 2 heterocycles. The van der Waals surface area contributed by atoms with Crippen molar-refractivity contribution in [2.45, 2.75) is 38.1 Å². The smallest absolute Gasteiger partial charge is 0.262 e. The first kappa shape index (κ1) is 21.8. The molecule has 1 aromatic heterocycles. The first-order chi connectivity index (χ1) is 15.1. The van der Waals surface area contributed by atoms with Crippen LogP contribution >= 0.6 is 23.1 Å². The van der Waals surface area contributed by atoms with Crippen LogP contribution < -0.4 is 9.47 Å². The van der Waals surface area contributed by atoms with E-state index < -0.39 is 0 Å². The average molecular weight is 456 g/mol. The Morgan fingerprint density at radius 1 is 0.968 bits per heavy atom. The molecule has 0 unspecified atom stereocenters. The molecule has 2 nitrogen and oxygen atoms in total. The zero-order valence-electron chi connectivity index (χ0n) is 17.6. The van der Waals surface area contributed by atoms with Crippen molar-refractivity contribution in [2.24, 2.45) is 0 Å². The maximum Gasteiger partial charge on any atom is 0.262 e. The molecule has 0 atom stereocenters. The molecule has 4 rings (SSSR count). The van der Waals surface area contributed by atoms with E-state index in [1.54, 1.807) is 35.2 Å². The third-order valence-corrected chi connectivity index (χ3v) is 7.24. The van der Waals surface area contributed by atoms with Gasteiger partial charge >= 0.3 is 0 Å². The van der Waals surface area contributed by atoms with Crippen molar-refractivity contribution in [1.29, 1.82) is 0 Å². The molecule has 0 bridgehead atoms. The van der Waals surface area contributed by atoms with E-state index in [0.717, 1.165) is 56.8 Å². The predicted octanol–water partition coefficient (Wildman–Crippen LogP) is 7.31. The standard InChI is InChI=1S/C25H25F2N2S2/c1-3-14-28-20-16-18(26)10-12-22(20)30-24(28)8-6-5-7-9-25-29(15-4-2)21-17-19(27)11-13-23(21)31-25/h5-13,16-17H,3-4,14-15H2,1-2H3/q+1. The van der Waals surface area contributed by atoms with Crippen LogP contribution in [0.25, 0.3) is 16.3 Å². The van der Waals surface area contributed by atoms with Gasteiger partial charge in [0.15, 0.2) is 0 Å². The average Bonchev–Trinajstić information content (AvgIpc) is 3.26. The van der Waals surface area contributed by atoms with Crippen molar-refractivity contribution >= 4 is 45.1 Å². The number of benzene rings is 2. The lowest BCUT2D eigenvalue weighted by Gasteiger charge is -2.19. The normalized spacial score (nSPS) is 15.2. The van der Waals surface area contributed by atoms with Crippen molar-refractivity contribution in [3.8, 4) is 0 Å². The lowest BCUT2D eigenvalue weighted by atomic mass is 10.2. The number of aromatic nitrogens is 1. The highest BCUT2D eigenvalue weighted by molar-refractivity contribution is 8.03. The van der Waals surface area contributed by atoms with Gasteiger partial charge in [-0.1, -0.05) is 55.2 Å². The Hall–Kier alpha value is -2.44. The van der Waals surface area contributed by atoms with Gasteiger partial charge in [0, 0.05) is 30.0 Å². The van der Waals surface area contributed by atoms with E-state index in [9.17, 15) is 8.78 Å². The number of fused-ring (bicyclic) bond motifs is 2. The summed E-state index contributed by atoms with van der Waals surface area (Å²) in [5, 5.41) is 2.20. The number of halogens is 2. The highest BCUT2D eigenvalue weighted by atomic mass is 32.2. The van der Waals surface area contributed by atoms with E-state index in [4.69, 9.17) is 0 Å². The van der Waals surface area contributed by atoms with Crippen LogP contribution in [0.5, 0.6) is 0 Å². The van der Waals surface area contributed by atoms with Crippen molar-refractivity contribution in [1.82, 2.24) is 0 Å². The number of rotatable bonds is 7. The van der Waals surface area contributed by atoms with Crippen LogP contribution in [0, 0.1) is 11.6 Å². The Morgan fingerprint density at radius 3 is 2.58 bits per heavy atom. The molecule has 0 amide bonds. The van der Waals surface area contributed by atoms with Crippen LogP contribution in [-0.4, -0.2) is 6.54 Å². The fraction of sp³-hybridized carbons (Fsp3) is 0.240. The van der Waals surface area contributed by atoms with Crippen molar-refractivity contribution < 1.29 is 13.3 Å². The van der Waals surface area contributed by atoms with Crippen molar-refractivity contribution in [3.05, 3.63) is 82.4 Å². The molecule has 3 aromatic rings. The Kier molecular flexibility index (Phi) is 6.88. The summed E-state index contributed by atoms with van der Waals surface area (Å²) in [5.41, 5.74) is 1.89. The molecule has 0 saturated carbocycles. The zero-order valence-corrected chi connectivity index (χ0v) is 19.3. The van der Waals surface area contributed by atoms with E-state index in [2.05, 4.69) is 35.5 Å². The third kappa shape index (κ3) is 4.75. The minimum Gasteiger partial charge on any atom is -0.335 e. The summed E-state index contributed by atoms with van der Waals surface area (Å²) >= 11 is 3.34. The van der Waals surface area contributed by atoms with Crippen LogP contribution in [0.1, 0.15) is 31.7 Å². The number of thiazole rings is 1. The highest BCUT2D eigenvalue weighted by Crippen LogP contribution is 2.46. The summed E-state index contributed by atoms with van der Waals surface area (Å²) < 4.78 is 30.7. The van der Waals surface area contributed by atoms with Crippen molar-refractivity contribution in [2.75, 3.05) is 11.4 Å². The predicted molar refractivity (Wildman–Crippen MR) is 128 cm³/mol. The molecule has 0 saturated heterocycles. The number of thioether (sulfide) groups is 1. The lowest BCUT2D eigenvalue weighted by Crippen LogP contribution is -2.34. The molecule has 0 fully saturated rings. The van der Waals surface area contributed by atoms with E-state index in [0.29, 0.717) is 0 Å². The summed E-state index contributed by atoms with van der Waals surface area (Å²) in [6.07, 6.45) is 12.2. The van der Waals surface area contributed by atoms with Gasteiger partial charge in [-0.15, -0.1) is 0 Å². The lowest BCUT2D eigenvalue weighted by molar-refractivity contribution is -0.668. The second-order valence-electron chi connectivity index (χ2n) is 7.32. The van der Waals surface area contributed by atoms with Gasteiger partial charge in [0.2, 0.25) is 5.52 Å². The second kappa shape index (κ2) is 9.79. The molecule has 2 aromatic carbocycles. The van der Waals surface area contributed by atoms with Gasteiger partial charge in [-0.05, 0) is 42.8 Å². The van der Waals surface area contributed by atoms with Gasteiger partial charge in [0.1, 0.15) is 22.9 Å². The van der Waals surface area contributed by atoms with Gasteiger partial charge in [0.25, 0.3) is 5.01 Å². The molecule has 0 spiro atoms. The molecule has 0 aliphatic carbocycles. The minimum absolute atomic E-state index is 0.205. The van der Waals surface area contributed by atoms with E-state index in [1.165, 1.54) is 12.1 Å². The minimum atomic E-state index is -0.205. The molecular formula is C25H25F2N2S2+. The first-order valence-corrected chi connectivity index (χ1v) is 12.2. The molecular weight excluding hydrogens is 430 g/mol. The molecule has 0 N–H and O–H groups in total.